The summed E-state index contributed by atoms with van der Waals surface area (Å²) in [7, 11) is 0. The predicted octanol–water partition coefficient (Wildman–Crippen LogP) is 5.93. The van der Waals surface area contributed by atoms with Crippen molar-refractivity contribution in [3.8, 4) is 5.75 Å². The lowest BCUT2D eigenvalue weighted by Crippen LogP contribution is -2.05. The van der Waals surface area contributed by atoms with Crippen LogP contribution in [0.15, 0.2) is 48.5 Å². The highest BCUT2D eigenvalue weighted by Gasteiger charge is 2.11. The van der Waals surface area contributed by atoms with Gasteiger partial charge in [0.25, 0.3) is 0 Å². The summed E-state index contributed by atoms with van der Waals surface area (Å²) in [6.45, 7) is 8.43. The molecule has 21 heavy (non-hydrogen) atoms. The maximum atomic E-state index is 6.58. The third-order valence-electron chi connectivity index (χ3n) is 3.44. The van der Waals surface area contributed by atoms with Gasteiger partial charge in [0.2, 0.25) is 0 Å². The van der Waals surface area contributed by atoms with E-state index in [4.69, 9.17) is 16.3 Å². The molecule has 0 amide bonds. The number of hydrogen-bond acceptors (Lipinski definition) is 1. The molecule has 0 aliphatic rings. The summed E-state index contributed by atoms with van der Waals surface area (Å²) in [5.74, 6) is 1.42. The van der Waals surface area contributed by atoms with Crippen LogP contribution in [0, 0.1) is 0 Å². The van der Waals surface area contributed by atoms with Crippen LogP contribution in [0.3, 0.4) is 0 Å². The van der Waals surface area contributed by atoms with Crippen molar-refractivity contribution in [2.75, 3.05) is 0 Å². The molecule has 0 aliphatic carbocycles. The lowest BCUT2D eigenvalue weighted by atomic mass is 9.98. The van der Waals surface area contributed by atoms with Crippen molar-refractivity contribution in [2.24, 2.45) is 0 Å². The Bertz CT molecular complexity index is 555. The Balaban J connectivity index is 2.13. The van der Waals surface area contributed by atoms with Crippen LogP contribution in [0.2, 0.25) is 0 Å². The second kappa shape index (κ2) is 7.00. The Morgan fingerprint density at radius 2 is 1.14 bits per heavy atom. The quantitative estimate of drug-likeness (QED) is 0.622. The molecule has 1 nitrogen and oxygen atoms in total. The third kappa shape index (κ3) is 4.25. The molecule has 0 N–H and O–H groups in total. The molecule has 1 unspecified atom stereocenters. The van der Waals surface area contributed by atoms with Gasteiger partial charge in [0, 0.05) is 0 Å². The minimum atomic E-state index is -0.126. The molecule has 2 aromatic carbocycles. The lowest BCUT2D eigenvalue weighted by molar-refractivity contribution is 0.242. The minimum Gasteiger partial charge on any atom is -0.491 e. The Hall–Kier alpha value is -1.47. The van der Waals surface area contributed by atoms with Gasteiger partial charge in [0.1, 0.15) is 5.75 Å². The molecule has 2 aromatic rings. The summed E-state index contributed by atoms with van der Waals surface area (Å²) in [6, 6.07) is 16.6. The van der Waals surface area contributed by atoms with Crippen molar-refractivity contribution in [1.82, 2.24) is 0 Å². The highest BCUT2D eigenvalue weighted by Crippen LogP contribution is 2.30. The van der Waals surface area contributed by atoms with Crippen molar-refractivity contribution in [3.63, 3.8) is 0 Å². The van der Waals surface area contributed by atoms with Crippen molar-refractivity contribution in [1.29, 1.82) is 0 Å². The van der Waals surface area contributed by atoms with Crippen molar-refractivity contribution in [2.45, 2.75) is 45.1 Å². The van der Waals surface area contributed by atoms with E-state index >= 15 is 0 Å². The van der Waals surface area contributed by atoms with Crippen molar-refractivity contribution < 1.29 is 4.74 Å². The van der Waals surface area contributed by atoms with Gasteiger partial charge in [-0.2, -0.15) is 0 Å². The second-order valence-corrected chi connectivity index (χ2v) is 6.36. The number of halogens is 1. The Morgan fingerprint density at radius 1 is 0.714 bits per heavy atom. The number of hydrogen-bond donors (Lipinski definition) is 0. The summed E-state index contributed by atoms with van der Waals surface area (Å²) >= 11 is 6.58. The third-order valence-corrected chi connectivity index (χ3v) is 3.94. The summed E-state index contributed by atoms with van der Waals surface area (Å²) in [5.41, 5.74) is 3.55. The topological polar surface area (TPSA) is 9.23 Å². The molecule has 0 radical (unpaired) electrons. The van der Waals surface area contributed by atoms with Crippen LogP contribution < -0.4 is 4.74 Å². The van der Waals surface area contributed by atoms with E-state index in [0.29, 0.717) is 5.92 Å². The van der Waals surface area contributed by atoms with Crippen LogP contribution in [-0.2, 0) is 0 Å². The van der Waals surface area contributed by atoms with Gasteiger partial charge in [-0.15, -0.1) is 11.6 Å². The SMILES string of the molecule is CC(C)Oc1ccc(C(Cl)c2ccc(C(C)C)cc2)cc1. The van der Waals surface area contributed by atoms with E-state index in [0.717, 1.165) is 16.9 Å². The number of benzene rings is 2. The molecule has 0 aromatic heterocycles. The van der Waals surface area contributed by atoms with Gasteiger partial charge in [0.15, 0.2) is 0 Å². The van der Waals surface area contributed by atoms with Crippen LogP contribution in [0.1, 0.15) is 55.7 Å². The van der Waals surface area contributed by atoms with Gasteiger partial charge in [0.05, 0.1) is 11.5 Å². The van der Waals surface area contributed by atoms with Gasteiger partial charge in [-0.1, -0.05) is 50.2 Å². The van der Waals surface area contributed by atoms with E-state index in [1.54, 1.807) is 0 Å². The zero-order valence-electron chi connectivity index (χ0n) is 13.1. The van der Waals surface area contributed by atoms with Gasteiger partial charge in [-0.3, -0.25) is 0 Å². The van der Waals surface area contributed by atoms with E-state index in [1.165, 1.54) is 5.56 Å². The molecule has 112 valence electrons. The number of rotatable bonds is 5. The summed E-state index contributed by atoms with van der Waals surface area (Å²) < 4.78 is 5.65. The molecule has 1 atom stereocenters. The van der Waals surface area contributed by atoms with Crippen LogP contribution in [0.4, 0.5) is 0 Å². The molecule has 2 heteroatoms. The zero-order chi connectivity index (χ0) is 15.4. The average molecular weight is 303 g/mol. The number of ether oxygens (including phenoxy) is 1. The molecule has 0 aliphatic heterocycles. The van der Waals surface area contributed by atoms with Crippen LogP contribution in [0.5, 0.6) is 5.75 Å². The second-order valence-electron chi connectivity index (χ2n) is 5.92. The lowest BCUT2D eigenvalue weighted by Gasteiger charge is -2.14. The normalized spacial score (nSPS) is 12.7. The molecule has 0 spiro atoms. The molecule has 0 saturated heterocycles. The number of alkyl halides is 1. The highest BCUT2D eigenvalue weighted by atomic mass is 35.5. The zero-order valence-corrected chi connectivity index (χ0v) is 13.9. The first-order chi connectivity index (χ1) is 9.97. The fraction of sp³-hybridized carbons (Fsp3) is 0.368. The van der Waals surface area contributed by atoms with Gasteiger partial charge in [-0.05, 0) is 48.6 Å². The molecule has 0 fully saturated rings. The first kappa shape index (κ1) is 15.9. The molecule has 0 saturated carbocycles. The summed E-state index contributed by atoms with van der Waals surface area (Å²) in [4.78, 5) is 0. The first-order valence-electron chi connectivity index (χ1n) is 7.48. The minimum absolute atomic E-state index is 0.126. The fourth-order valence-electron chi connectivity index (χ4n) is 2.23. The van der Waals surface area contributed by atoms with E-state index < -0.39 is 0 Å². The van der Waals surface area contributed by atoms with Crippen molar-refractivity contribution in [3.05, 3.63) is 65.2 Å². The van der Waals surface area contributed by atoms with E-state index in [-0.39, 0.29) is 11.5 Å². The van der Waals surface area contributed by atoms with Gasteiger partial charge >= 0.3 is 0 Å². The van der Waals surface area contributed by atoms with Gasteiger partial charge < -0.3 is 4.74 Å². The fourth-order valence-corrected chi connectivity index (χ4v) is 2.52. The predicted molar refractivity (Wildman–Crippen MR) is 90.4 cm³/mol. The molecular formula is C19H23ClO. The van der Waals surface area contributed by atoms with Crippen LogP contribution >= 0.6 is 11.6 Å². The first-order valence-corrected chi connectivity index (χ1v) is 7.91. The average Bonchev–Trinajstić information content (AvgIpc) is 2.47. The van der Waals surface area contributed by atoms with Gasteiger partial charge in [-0.25, -0.2) is 0 Å². The molecule has 2 rings (SSSR count). The monoisotopic (exact) mass is 302 g/mol. The highest BCUT2D eigenvalue weighted by molar-refractivity contribution is 6.22. The maximum Gasteiger partial charge on any atom is 0.119 e. The van der Waals surface area contributed by atoms with E-state index in [1.807, 2.05) is 38.1 Å². The Morgan fingerprint density at radius 3 is 1.57 bits per heavy atom. The summed E-state index contributed by atoms with van der Waals surface area (Å²) in [6.07, 6.45) is 0.186. The Labute approximate surface area is 132 Å². The van der Waals surface area contributed by atoms with E-state index in [2.05, 4.69) is 38.1 Å². The summed E-state index contributed by atoms with van der Waals surface area (Å²) in [5, 5.41) is -0.126. The standard InChI is InChI=1S/C19H23ClO/c1-13(2)15-5-7-16(8-6-15)19(20)17-9-11-18(12-10-17)21-14(3)4/h5-14,19H,1-4H3. The molecular weight excluding hydrogens is 280 g/mol. The molecule has 0 bridgehead atoms. The molecule has 0 heterocycles. The smallest absolute Gasteiger partial charge is 0.119 e. The van der Waals surface area contributed by atoms with Crippen LogP contribution in [0.25, 0.3) is 0 Å². The van der Waals surface area contributed by atoms with Crippen molar-refractivity contribution >= 4 is 11.6 Å². The van der Waals surface area contributed by atoms with Crippen LogP contribution in [-0.4, -0.2) is 6.10 Å². The van der Waals surface area contributed by atoms with E-state index in [9.17, 15) is 0 Å². The Kier molecular flexibility index (Phi) is 5.30. The maximum absolute atomic E-state index is 6.58. The largest absolute Gasteiger partial charge is 0.491 e.